The van der Waals surface area contributed by atoms with Crippen molar-refractivity contribution in [1.82, 2.24) is 10.3 Å². The highest BCUT2D eigenvalue weighted by Crippen LogP contribution is 2.19. The van der Waals surface area contributed by atoms with Crippen LogP contribution in [0.5, 0.6) is 0 Å². The number of nitrogens with zero attached hydrogens (tertiary/aromatic N) is 1. The number of aliphatic hydroxyl groups excluding tert-OH is 1. The number of amides is 1. The van der Waals surface area contributed by atoms with Crippen LogP contribution in [-0.4, -0.2) is 22.0 Å². The molecular formula is C15H15BrN2O2. The van der Waals surface area contributed by atoms with Crippen molar-refractivity contribution in [2.45, 2.75) is 19.1 Å². The van der Waals surface area contributed by atoms with Crippen molar-refractivity contribution in [1.29, 1.82) is 0 Å². The lowest BCUT2D eigenvalue weighted by Crippen LogP contribution is -2.37. The third kappa shape index (κ3) is 3.65. The minimum Gasteiger partial charge on any atom is -0.386 e. The molecule has 2 aromatic rings. The third-order valence-electron chi connectivity index (χ3n) is 2.97. The maximum atomic E-state index is 12.0. The van der Waals surface area contributed by atoms with E-state index in [4.69, 9.17) is 0 Å². The SMILES string of the molecule is CC(NC(=O)c1cccnc1)C(O)c1ccc(Br)cc1. The number of carbonyl (C=O) groups excluding carboxylic acids is 1. The molecule has 0 aliphatic carbocycles. The van der Waals surface area contributed by atoms with E-state index < -0.39 is 12.1 Å². The number of pyridine rings is 1. The topological polar surface area (TPSA) is 62.2 Å². The molecular weight excluding hydrogens is 320 g/mol. The van der Waals surface area contributed by atoms with Crippen molar-refractivity contribution >= 4 is 21.8 Å². The summed E-state index contributed by atoms with van der Waals surface area (Å²) < 4.78 is 0.945. The highest BCUT2D eigenvalue weighted by molar-refractivity contribution is 9.10. The van der Waals surface area contributed by atoms with Gasteiger partial charge in [0, 0.05) is 16.9 Å². The fraction of sp³-hybridized carbons (Fsp3) is 0.200. The molecule has 1 amide bonds. The molecule has 2 rings (SSSR count). The maximum Gasteiger partial charge on any atom is 0.253 e. The van der Waals surface area contributed by atoms with Crippen LogP contribution in [-0.2, 0) is 0 Å². The summed E-state index contributed by atoms with van der Waals surface area (Å²) >= 11 is 3.34. The van der Waals surface area contributed by atoms with Gasteiger partial charge >= 0.3 is 0 Å². The average molecular weight is 335 g/mol. The van der Waals surface area contributed by atoms with Crippen molar-refractivity contribution < 1.29 is 9.90 Å². The summed E-state index contributed by atoms with van der Waals surface area (Å²) in [5.41, 5.74) is 1.23. The van der Waals surface area contributed by atoms with E-state index in [1.165, 1.54) is 6.20 Å². The molecule has 1 aromatic heterocycles. The van der Waals surface area contributed by atoms with Gasteiger partial charge < -0.3 is 10.4 Å². The molecule has 2 atom stereocenters. The molecule has 0 fully saturated rings. The minimum absolute atomic E-state index is 0.248. The van der Waals surface area contributed by atoms with Crippen molar-refractivity contribution in [2.24, 2.45) is 0 Å². The molecule has 2 N–H and O–H groups in total. The van der Waals surface area contributed by atoms with Gasteiger partial charge in [-0.25, -0.2) is 0 Å². The van der Waals surface area contributed by atoms with E-state index in [9.17, 15) is 9.90 Å². The van der Waals surface area contributed by atoms with E-state index in [1.54, 1.807) is 25.3 Å². The summed E-state index contributed by atoms with van der Waals surface area (Å²) in [6.07, 6.45) is 2.34. The summed E-state index contributed by atoms with van der Waals surface area (Å²) in [7, 11) is 0. The molecule has 4 nitrogen and oxygen atoms in total. The molecule has 0 spiro atoms. The predicted molar refractivity (Wildman–Crippen MR) is 80.3 cm³/mol. The highest BCUT2D eigenvalue weighted by atomic mass is 79.9. The number of aliphatic hydroxyl groups is 1. The number of rotatable bonds is 4. The van der Waals surface area contributed by atoms with Crippen LogP contribution in [0.2, 0.25) is 0 Å². The molecule has 0 radical (unpaired) electrons. The zero-order chi connectivity index (χ0) is 14.5. The van der Waals surface area contributed by atoms with Crippen LogP contribution >= 0.6 is 15.9 Å². The van der Waals surface area contributed by atoms with E-state index in [2.05, 4.69) is 26.2 Å². The maximum absolute atomic E-state index is 12.0. The molecule has 5 heteroatoms. The standard InChI is InChI=1S/C15H15BrN2O2/c1-10(14(19)11-4-6-13(16)7-5-11)18-15(20)12-3-2-8-17-9-12/h2-10,14,19H,1H3,(H,18,20). The first kappa shape index (κ1) is 14.7. The third-order valence-corrected chi connectivity index (χ3v) is 3.50. The van der Waals surface area contributed by atoms with Crippen molar-refractivity contribution in [3.05, 3.63) is 64.4 Å². The second kappa shape index (κ2) is 6.63. The number of halogens is 1. The van der Waals surface area contributed by atoms with Gasteiger partial charge in [-0.3, -0.25) is 9.78 Å². The summed E-state index contributed by atoms with van der Waals surface area (Å²) in [5, 5.41) is 13.0. The van der Waals surface area contributed by atoms with Crippen molar-refractivity contribution in [2.75, 3.05) is 0 Å². The van der Waals surface area contributed by atoms with Gasteiger partial charge in [0.25, 0.3) is 5.91 Å². The number of nitrogens with one attached hydrogen (secondary N) is 1. The Labute approximate surface area is 126 Å². The average Bonchev–Trinajstić information content (AvgIpc) is 2.48. The Morgan fingerprint density at radius 2 is 2.00 bits per heavy atom. The Morgan fingerprint density at radius 1 is 1.30 bits per heavy atom. The highest BCUT2D eigenvalue weighted by Gasteiger charge is 2.19. The predicted octanol–water partition coefficient (Wildman–Crippen LogP) is 2.70. The zero-order valence-corrected chi connectivity index (χ0v) is 12.5. The molecule has 1 heterocycles. The molecule has 2 unspecified atom stereocenters. The zero-order valence-electron chi connectivity index (χ0n) is 11.0. The van der Waals surface area contributed by atoms with Crippen molar-refractivity contribution in [3.8, 4) is 0 Å². The lowest BCUT2D eigenvalue weighted by Gasteiger charge is -2.20. The molecule has 0 saturated heterocycles. The molecule has 1 aromatic carbocycles. The second-order valence-electron chi connectivity index (χ2n) is 4.50. The molecule has 20 heavy (non-hydrogen) atoms. The van der Waals surface area contributed by atoms with Crippen molar-refractivity contribution in [3.63, 3.8) is 0 Å². The summed E-state index contributed by atoms with van der Waals surface area (Å²) in [6, 6.07) is 10.3. The number of aromatic nitrogens is 1. The van der Waals surface area contributed by atoms with Gasteiger partial charge in [0.1, 0.15) is 0 Å². The Bertz CT molecular complexity index is 572. The molecule has 104 valence electrons. The van der Waals surface area contributed by atoms with Crippen LogP contribution in [0.4, 0.5) is 0 Å². The largest absolute Gasteiger partial charge is 0.386 e. The first-order valence-electron chi connectivity index (χ1n) is 6.22. The monoisotopic (exact) mass is 334 g/mol. The molecule has 0 aliphatic rings. The molecule has 0 saturated carbocycles. The smallest absolute Gasteiger partial charge is 0.253 e. The molecule has 0 aliphatic heterocycles. The fourth-order valence-corrected chi connectivity index (χ4v) is 2.08. The van der Waals surface area contributed by atoms with E-state index >= 15 is 0 Å². The first-order valence-corrected chi connectivity index (χ1v) is 7.01. The number of carbonyl (C=O) groups is 1. The van der Waals surface area contributed by atoms with Gasteiger partial charge in [-0.05, 0) is 36.8 Å². The second-order valence-corrected chi connectivity index (χ2v) is 5.42. The normalized spacial score (nSPS) is 13.6. The number of hydrogen-bond acceptors (Lipinski definition) is 3. The van der Waals surface area contributed by atoms with Crippen LogP contribution in [0.3, 0.4) is 0 Å². The van der Waals surface area contributed by atoms with E-state index in [0.29, 0.717) is 5.56 Å². The van der Waals surface area contributed by atoms with Gasteiger partial charge in [0.15, 0.2) is 0 Å². The van der Waals surface area contributed by atoms with Gasteiger partial charge in [0.2, 0.25) is 0 Å². The first-order chi connectivity index (χ1) is 9.58. The van der Waals surface area contributed by atoms with Crippen LogP contribution in [0.1, 0.15) is 28.9 Å². The Morgan fingerprint density at radius 3 is 2.60 bits per heavy atom. The Kier molecular flexibility index (Phi) is 4.87. The minimum atomic E-state index is -0.760. The number of benzene rings is 1. The lowest BCUT2D eigenvalue weighted by molar-refractivity contribution is 0.0851. The van der Waals surface area contributed by atoms with Crippen LogP contribution in [0.25, 0.3) is 0 Å². The molecule has 0 bridgehead atoms. The fourth-order valence-electron chi connectivity index (χ4n) is 1.81. The quantitative estimate of drug-likeness (QED) is 0.903. The Hall–Kier alpha value is -1.72. The van der Waals surface area contributed by atoms with E-state index in [1.807, 2.05) is 24.3 Å². The lowest BCUT2D eigenvalue weighted by atomic mass is 10.0. The Balaban J connectivity index is 2.02. The number of hydrogen-bond donors (Lipinski definition) is 2. The van der Waals surface area contributed by atoms with Crippen LogP contribution < -0.4 is 5.32 Å². The van der Waals surface area contributed by atoms with Crippen LogP contribution in [0.15, 0.2) is 53.3 Å². The summed E-state index contributed by atoms with van der Waals surface area (Å²) in [4.78, 5) is 15.9. The van der Waals surface area contributed by atoms with E-state index in [0.717, 1.165) is 10.0 Å². The van der Waals surface area contributed by atoms with Gasteiger partial charge in [-0.2, -0.15) is 0 Å². The van der Waals surface area contributed by atoms with Gasteiger partial charge in [-0.1, -0.05) is 28.1 Å². The van der Waals surface area contributed by atoms with Gasteiger partial charge in [-0.15, -0.1) is 0 Å². The van der Waals surface area contributed by atoms with E-state index in [-0.39, 0.29) is 5.91 Å². The summed E-state index contributed by atoms with van der Waals surface area (Å²) in [6.45, 7) is 1.76. The van der Waals surface area contributed by atoms with Crippen LogP contribution in [0, 0.1) is 0 Å². The van der Waals surface area contributed by atoms with Gasteiger partial charge in [0.05, 0.1) is 17.7 Å². The summed E-state index contributed by atoms with van der Waals surface area (Å²) in [5.74, 6) is -0.248.